The van der Waals surface area contributed by atoms with E-state index in [0.29, 0.717) is 17.5 Å². The van der Waals surface area contributed by atoms with E-state index in [-0.39, 0.29) is 22.1 Å². The minimum atomic E-state index is -4.67. The van der Waals surface area contributed by atoms with Gasteiger partial charge in [-0.25, -0.2) is 0 Å². The average Bonchev–Trinajstić information content (AvgIpc) is 3.25. The van der Waals surface area contributed by atoms with Crippen LogP contribution in [0.25, 0.3) is 11.0 Å². The van der Waals surface area contributed by atoms with Crippen LogP contribution in [-0.2, 0) is 27.1 Å². The van der Waals surface area contributed by atoms with E-state index in [4.69, 9.17) is 4.74 Å². The highest BCUT2D eigenvalue weighted by molar-refractivity contribution is 7.92. The maximum atomic E-state index is 13.2. The summed E-state index contributed by atoms with van der Waals surface area (Å²) >= 11 is -1.85. The van der Waals surface area contributed by atoms with Gasteiger partial charge in [-0.3, -0.25) is 14.8 Å². The first-order valence-corrected chi connectivity index (χ1v) is 11.6. The molecule has 0 amide bonds. The van der Waals surface area contributed by atoms with Gasteiger partial charge in [0.1, 0.15) is 17.6 Å². The van der Waals surface area contributed by atoms with Gasteiger partial charge in [-0.2, -0.15) is 22.5 Å². The van der Waals surface area contributed by atoms with Gasteiger partial charge in [0.2, 0.25) is 5.78 Å². The number of ether oxygens (including phenoxy) is 2. The highest BCUT2D eigenvalue weighted by Gasteiger charge is 2.44. The molecule has 2 heterocycles. The van der Waals surface area contributed by atoms with Crippen LogP contribution >= 0.6 is 0 Å². The Morgan fingerprint density at radius 1 is 1.20 bits per heavy atom. The molecule has 7 nitrogen and oxygen atoms in total. The first-order valence-electron chi connectivity index (χ1n) is 10.3. The van der Waals surface area contributed by atoms with E-state index in [2.05, 4.69) is 19.7 Å². The molecule has 1 aromatic heterocycles. The molecule has 0 fully saturated rings. The first-order chi connectivity index (χ1) is 16.7. The number of carbonyl (C=O) groups excluding carboxylic acids is 1. The summed E-state index contributed by atoms with van der Waals surface area (Å²) in [6.07, 6.45) is -7.55. The summed E-state index contributed by atoms with van der Waals surface area (Å²) < 4.78 is 73.4. The third-order valence-corrected chi connectivity index (χ3v) is 6.32. The van der Waals surface area contributed by atoms with Gasteiger partial charge < -0.3 is 14.0 Å². The maximum Gasteiger partial charge on any atom is 0.461 e. The van der Waals surface area contributed by atoms with Crippen molar-refractivity contribution in [1.82, 2.24) is 9.97 Å². The van der Waals surface area contributed by atoms with E-state index >= 15 is 0 Å². The summed E-state index contributed by atoms with van der Waals surface area (Å²) in [5, 5.41) is -0.0405. The predicted octanol–water partition coefficient (Wildman–Crippen LogP) is 4.07. The Kier molecular flexibility index (Phi) is 7.24. The number of aliphatic imine (C=N–C) groups is 1. The molecular weight excluding hydrogens is 490 g/mol. The number of nitrogens with one attached hydrogen (secondary N) is 1. The molecule has 0 saturated heterocycles. The zero-order valence-electron chi connectivity index (χ0n) is 18.2. The molecule has 184 valence electrons. The summed E-state index contributed by atoms with van der Waals surface area (Å²) in [5.41, 5.74) is 2.07. The summed E-state index contributed by atoms with van der Waals surface area (Å²) in [6.45, 7) is 0. The second-order valence-electron chi connectivity index (χ2n) is 7.60. The first kappa shape index (κ1) is 24.9. The lowest BCUT2D eigenvalue weighted by molar-refractivity contribution is -0.253. The summed E-state index contributed by atoms with van der Waals surface area (Å²) in [7, 11) is 1.40. The van der Waals surface area contributed by atoms with Crippen LogP contribution in [0.1, 0.15) is 5.56 Å². The average molecular weight is 509 g/mol. The molecular formula is C23H19F4N3O4S. The van der Waals surface area contributed by atoms with Gasteiger partial charge in [0.15, 0.2) is 5.75 Å². The zero-order valence-corrected chi connectivity index (χ0v) is 19.0. The molecule has 12 heteroatoms. The number of aromatic amines is 1. The molecule has 0 aliphatic carbocycles. The molecule has 3 aromatic rings. The van der Waals surface area contributed by atoms with E-state index < -0.39 is 41.3 Å². The van der Waals surface area contributed by atoms with Crippen LogP contribution in [0.2, 0.25) is 0 Å². The van der Waals surface area contributed by atoms with Gasteiger partial charge in [-0.15, -0.1) is 0 Å². The van der Waals surface area contributed by atoms with E-state index in [1.165, 1.54) is 19.4 Å². The van der Waals surface area contributed by atoms with Gasteiger partial charge in [-0.1, -0.05) is 30.3 Å². The van der Waals surface area contributed by atoms with Crippen molar-refractivity contribution in [3.8, 4) is 5.75 Å². The van der Waals surface area contributed by atoms with Gasteiger partial charge in [0.05, 0.1) is 11.0 Å². The lowest BCUT2D eigenvalue weighted by atomic mass is 9.95. The van der Waals surface area contributed by atoms with Crippen molar-refractivity contribution in [1.29, 1.82) is 0 Å². The molecule has 2 aromatic carbocycles. The van der Waals surface area contributed by atoms with Gasteiger partial charge in [0.25, 0.3) is 0 Å². The van der Waals surface area contributed by atoms with Crippen molar-refractivity contribution >= 4 is 33.7 Å². The number of halogens is 4. The number of ketones is 1. The lowest BCUT2D eigenvalue weighted by Gasteiger charge is -2.22. The van der Waals surface area contributed by atoms with Crippen molar-refractivity contribution < 1.29 is 36.4 Å². The Labute approximate surface area is 200 Å². The predicted molar refractivity (Wildman–Crippen MR) is 120 cm³/mol. The van der Waals surface area contributed by atoms with Gasteiger partial charge >= 0.3 is 17.7 Å². The number of alkyl halides is 4. The van der Waals surface area contributed by atoms with Crippen LogP contribution in [-0.4, -0.2) is 57.5 Å². The Morgan fingerprint density at radius 3 is 2.63 bits per heavy atom. The van der Waals surface area contributed by atoms with Crippen LogP contribution < -0.4 is 4.74 Å². The molecule has 1 aliphatic heterocycles. The van der Waals surface area contributed by atoms with Crippen molar-refractivity contribution in [3.05, 3.63) is 65.9 Å². The smallest absolute Gasteiger partial charge is 0.461 e. The van der Waals surface area contributed by atoms with Crippen molar-refractivity contribution in [2.24, 2.45) is 4.99 Å². The lowest BCUT2D eigenvalue weighted by Crippen LogP contribution is -2.38. The second kappa shape index (κ2) is 10.2. The van der Waals surface area contributed by atoms with E-state index in [1.54, 1.807) is 0 Å². The number of imidazole rings is 1. The highest BCUT2D eigenvalue weighted by atomic mass is 32.2. The molecule has 1 aliphatic rings. The van der Waals surface area contributed by atoms with Crippen LogP contribution in [0.15, 0.2) is 70.5 Å². The topological polar surface area (TPSA) is 99.6 Å². The molecule has 0 bridgehead atoms. The number of nitrogens with zero attached hydrogens (tertiary/aromatic N) is 2. The number of carbonyl (C=O) groups is 1. The number of hydrogen-bond acceptors (Lipinski definition) is 6. The van der Waals surface area contributed by atoms with Gasteiger partial charge in [-0.05, 0) is 29.7 Å². The van der Waals surface area contributed by atoms with E-state index in [0.717, 1.165) is 17.7 Å². The number of H-pyrrole nitrogens is 1. The Hall–Kier alpha value is -3.22. The van der Waals surface area contributed by atoms with Crippen LogP contribution in [0.5, 0.6) is 5.75 Å². The standard InChI is InChI=1S/C23H19F4N3O4S/c1-33-20-14(9-13-5-3-2-4-6-13)11-28-18(19(20)31)12-35(32)22-29-16-8-7-15(10-17(16)30-22)34-23(26,27)21(24)25/h2-8,10-11,20-21H,9,12H2,1H3,(H,29,30). The second-order valence-corrected chi connectivity index (χ2v) is 8.96. The third-order valence-electron chi connectivity index (χ3n) is 5.16. The molecule has 4 rings (SSSR count). The molecule has 0 spiro atoms. The molecule has 2 unspecified atom stereocenters. The number of Topliss-reactive ketones (excluding diaryl/α,β-unsaturated/α-hetero) is 1. The molecule has 1 N–H and O–H groups in total. The minimum absolute atomic E-state index is 0.0352. The molecule has 35 heavy (non-hydrogen) atoms. The number of benzene rings is 2. The van der Waals surface area contributed by atoms with Gasteiger partial charge in [0, 0.05) is 30.6 Å². The normalized spacial score (nSPS) is 17.5. The fourth-order valence-electron chi connectivity index (χ4n) is 3.48. The third kappa shape index (κ3) is 5.55. The Balaban J connectivity index is 1.51. The largest absolute Gasteiger partial charge is 0.609 e. The van der Waals surface area contributed by atoms with E-state index in [9.17, 15) is 26.9 Å². The number of rotatable bonds is 9. The Morgan fingerprint density at radius 2 is 1.94 bits per heavy atom. The highest BCUT2D eigenvalue weighted by Crippen LogP contribution is 2.29. The summed E-state index contributed by atoms with van der Waals surface area (Å²) in [6, 6.07) is 12.8. The molecule has 2 atom stereocenters. The van der Waals surface area contributed by atoms with Crippen molar-refractivity contribution in [2.75, 3.05) is 12.9 Å². The van der Waals surface area contributed by atoms with Crippen LogP contribution in [0.3, 0.4) is 0 Å². The quantitative estimate of drug-likeness (QED) is 0.346. The van der Waals surface area contributed by atoms with Crippen LogP contribution in [0, 0.1) is 0 Å². The van der Waals surface area contributed by atoms with Crippen molar-refractivity contribution in [2.45, 2.75) is 30.2 Å². The van der Waals surface area contributed by atoms with E-state index in [1.807, 2.05) is 30.3 Å². The number of methoxy groups -OCH3 is 1. The fourth-order valence-corrected chi connectivity index (χ4v) is 4.50. The van der Waals surface area contributed by atoms with Crippen molar-refractivity contribution in [3.63, 3.8) is 0 Å². The summed E-state index contributed by atoms with van der Waals surface area (Å²) in [4.78, 5) is 23.9. The molecule has 0 saturated carbocycles. The summed E-state index contributed by atoms with van der Waals surface area (Å²) in [5.74, 6) is -1.21. The molecule has 0 radical (unpaired) electrons. The fraction of sp³-hybridized carbons (Fsp3) is 0.261. The van der Waals surface area contributed by atoms with Crippen LogP contribution in [0.4, 0.5) is 17.6 Å². The number of hydrogen-bond donors (Lipinski definition) is 1. The maximum absolute atomic E-state index is 13.2. The number of aromatic nitrogens is 2. The SMILES string of the molecule is COC1C(=O)C(C[S+]([O-])c2nc3cc(OC(F)(F)C(F)F)ccc3[nH]2)=NC=C1Cc1ccccc1. The zero-order chi connectivity index (χ0) is 25.2. The monoisotopic (exact) mass is 509 g/mol. The number of fused-ring (bicyclic) bond motifs is 1. The minimum Gasteiger partial charge on any atom is -0.609 e. The Bertz CT molecular complexity index is 1280.